The van der Waals surface area contributed by atoms with Gasteiger partial charge in [-0.2, -0.15) is 12.7 Å². The first-order valence-electron chi connectivity index (χ1n) is 14.1. The van der Waals surface area contributed by atoms with Gasteiger partial charge in [-0.1, -0.05) is 25.3 Å². The van der Waals surface area contributed by atoms with Crippen LogP contribution in [0.1, 0.15) is 73.2 Å². The number of amides is 1. The normalized spacial score (nSPS) is 19.2. The molecule has 10 heteroatoms. The molecule has 40 heavy (non-hydrogen) atoms. The summed E-state index contributed by atoms with van der Waals surface area (Å²) >= 11 is 0. The molecule has 6 rings (SSSR count). The predicted molar refractivity (Wildman–Crippen MR) is 152 cm³/mol. The van der Waals surface area contributed by atoms with E-state index in [-0.39, 0.29) is 12.1 Å². The molecule has 1 aromatic heterocycles. The lowest BCUT2D eigenvalue weighted by atomic mass is 9.81. The Hall–Kier alpha value is -3.37. The third kappa shape index (κ3) is 4.77. The van der Waals surface area contributed by atoms with Gasteiger partial charge in [-0.15, -0.1) is 0 Å². The van der Waals surface area contributed by atoms with Gasteiger partial charge >= 0.3 is 16.2 Å². The van der Waals surface area contributed by atoms with E-state index >= 15 is 0 Å². The van der Waals surface area contributed by atoms with Gasteiger partial charge in [-0.25, -0.2) is 4.72 Å². The first-order valence-corrected chi connectivity index (χ1v) is 15.5. The number of carbonyl (C=O) groups excluding carboxylic acids is 1. The van der Waals surface area contributed by atoms with E-state index in [4.69, 9.17) is 4.74 Å². The van der Waals surface area contributed by atoms with E-state index < -0.39 is 27.5 Å². The molecule has 2 aromatic carbocycles. The molecule has 0 radical (unpaired) electrons. The molecule has 1 amide bonds. The Labute approximate surface area is 234 Å². The minimum absolute atomic E-state index is 0.229. The van der Waals surface area contributed by atoms with Crippen molar-refractivity contribution in [3.8, 4) is 17.0 Å². The van der Waals surface area contributed by atoms with Crippen LogP contribution in [0, 0.1) is 5.41 Å². The van der Waals surface area contributed by atoms with Gasteiger partial charge in [0, 0.05) is 36.1 Å². The minimum Gasteiger partial charge on any atom is -0.497 e. The van der Waals surface area contributed by atoms with Crippen molar-refractivity contribution in [1.29, 1.82) is 0 Å². The number of aromatic nitrogens is 1. The van der Waals surface area contributed by atoms with Crippen LogP contribution < -0.4 is 9.46 Å². The molecule has 2 N–H and O–H groups in total. The highest BCUT2D eigenvalue weighted by atomic mass is 32.2. The van der Waals surface area contributed by atoms with Gasteiger partial charge < -0.3 is 14.4 Å². The van der Waals surface area contributed by atoms with Gasteiger partial charge in [0.25, 0.3) is 5.91 Å². The number of carboxylic acid groups (broad SMARTS) is 1. The zero-order chi connectivity index (χ0) is 28.1. The van der Waals surface area contributed by atoms with Gasteiger partial charge in [0.2, 0.25) is 0 Å². The van der Waals surface area contributed by atoms with Gasteiger partial charge in [-0.3, -0.25) is 9.59 Å². The fraction of sp³-hybridized carbons (Fsp3) is 0.467. The highest BCUT2D eigenvalue weighted by molar-refractivity contribution is 7.87. The lowest BCUT2D eigenvalue weighted by Gasteiger charge is -2.29. The fourth-order valence-electron chi connectivity index (χ4n) is 6.21. The number of ether oxygens (including phenoxy) is 1. The third-order valence-electron chi connectivity index (χ3n) is 8.89. The molecule has 3 fully saturated rings. The second kappa shape index (κ2) is 10.2. The molecule has 2 aliphatic carbocycles. The topological polar surface area (TPSA) is 118 Å². The molecule has 2 saturated carbocycles. The smallest absolute Gasteiger partial charge is 0.311 e. The van der Waals surface area contributed by atoms with Crippen molar-refractivity contribution in [2.45, 2.75) is 63.8 Å². The van der Waals surface area contributed by atoms with Crippen molar-refractivity contribution in [3.05, 3.63) is 53.6 Å². The van der Waals surface area contributed by atoms with Crippen molar-refractivity contribution < 1.29 is 27.9 Å². The Kier molecular flexibility index (Phi) is 6.86. The molecule has 0 unspecified atom stereocenters. The molecule has 1 saturated heterocycles. The number of hydrogen-bond donors (Lipinski definition) is 2. The van der Waals surface area contributed by atoms with Gasteiger partial charge in [0.05, 0.1) is 18.2 Å². The average molecular weight is 566 g/mol. The summed E-state index contributed by atoms with van der Waals surface area (Å²) in [7, 11) is -2.27. The van der Waals surface area contributed by atoms with Gasteiger partial charge in [0.1, 0.15) is 5.75 Å². The summed E-state index contributed by atoms with van der Waals surface area (Å²) in [6.45, 7) is 1.08. The maximum Gasteiger partial charge on any atom is 0.311 e. The first kappa shape index (κ1) is 26.8. The van der Waals surface area contributed by atoms with E-state index in [0.717, 1.165) is 60.0 Å². The summed E-state index contributed by atoms with van der Waals surface area (Å²) in [6.07, 6.45) is 7.52. The zero-order valence-electron chi connectivity index (χ0n) is 22.7. The fourth-order valence-corrected chi connectivity index (χ4v) is 7.43. The third-order valence-corrected chi connectivity index (χ3v) is 10.4. The Morgan fingerprint density at radius 2 is 1.73 bits per heavy atom. The van der Waals surface area contributed by atoms with E-state index in [1.54, 1.807) is 19.2 Å². The van der Waals surface area contributed by atoms with Crippen LogP contribution in [0.4, 0.5) is 0 Å². The second-order valence-corrected chi connectivity index (χ2v) is 13.1. The number of aliphatic carboxylic acids is 1. The molecule has 3 aromatic rings. The SMILES string of the molecule is COc1ccc(-c2c(C3CCCCC3)c3ccc(C(=O)NS(=O)(=O)N4CCC4)cc3n2CC2(C(=O)O)CC2)cc1. The summed E-state index contributed by atoms with van der Waals surface area (Å²) in [5.74, 6) is -0.465. The number of fused-ring (bicyclic) bond motifs is 1. The average Bonchev–Trinajstić information content (AvgIpc) is 3.64. The predicted octanol–water partition coefficient (Wildman–Crippen LogP) is 4.91. The van der Waals surface area contributed by atoms with Gasteiger partial charge in [-0.05, 0) is 85.5 Å². The highest BCUT2D eigenvalue weighted by Gasteiger charge is 2.51. The molecule has 212 valence electrons. The summed E-state index contributed by atoms with van der Waals surface area (Å²) in [5.41, 5.74) is 3.25. The van der Waals surface area contributed by atoms with Crippen molar-refractivity contribution in [2.75, 3.05) is 20.2 Å². The molecule has 0 atom stereocenters. The molecule has 3 aliphatic rings. The Bertz CT molecular complexity index is 1560. The van der Waals surface area contributed by atoms with Crippen molar-refractivity contribution in [2.24, 2.45) is 5.41 Å². The van der Waals surface area contributed by atoms with E-state index in [1.807, 2.05) is 30.3 Å². The minimum atomic E-state index is -3.90. The highest BCUT2D eigenvalue weighted by Crippen LogP contribution is 2.51. The van der Waals surface area contributed by atoms with Crippen LogP contribution in [0.2, 0.25) is 0 Å². The number of rotatable bonds is 9. The Morgan fingerprint density at radius 1 is 1.02 bits per heavy atom. The molecule has 0 bridgehead atoms. The lowest BCUT2D eigenvalue weighted by Crippen LogP contribution is -2.49. The van der Waals surface area contributed by atoms with E-state index in [0.29, 0.717) is 31.8 Å². The molecule has 2 heterocycles. The van der Waals surface area contributed by atoms with Crippen LogP contribution in [-0.2, 0) is 21.5 Å². The van der Waals surface area contributed by atoms with Crippen molar-refractivity contribution in [3.63, 3.8) is 0 Å². The maximum atomic E-state index is 13.2. The van der Waals surface area contributed by atoms with Crippen LogP contribution in [0.3, 0.4) is 0 Å². The van der Waals surface area contributed by atoms with Gasteiger partial charge in [0.15, 0.2) is 0 Å². The number of hydrogen-bond acceptors (Lipinski definition) is 5. The number of methoxy groups -OCH3 is 1. The molecular formula is C30H35N3O6S. The van der Waals surface area contributed by atoms with Crippen LogP contribution in [0.15, 0.2) is 42.5 Å². The second-order valence-electron chi connectivity index (χ2n) is 11.4. The quantitative estimate of drug-likeness (QED) is 0.381. The standard InChI is InChI=1S/C30H35N3O6S/c1-39-23-11-8-21(9-12-23)27-26(20-6-3-2-4-7-20)24-13-10-22(28(34)31-40(37,38)32-16-5-17-32)18-25(24)33(27)19-30(14-15-30)29(35)36/h8-13,18,20H,2-7,14-17,19H2,1H3,(H,31,34)(H,35,36). The lowest BCUT2D eigenvalue weighted by molar-refractivity contribution is -0.143. The molecular weight excluding hydrogens is 530 g/mol. The monoisotopic (exact) mass is 565 g/mol. The van der Waals surface area contributed by atoms with Crippen LogP contribution in [0.25, 0.3) is 22.2 Å². The maximum absolute atomic E-state index is 13.2. The van der Waals surface area contributed by atoms with Crippen LogP contribution >= 0.6 is 0 Å². The Balaban J connectivity index is 1.52. The number of carbonyl (C=O) groups is 2. The summed E-state index contributed by atoms with van der Waals surface area (Å²) in [5, 5.41) is 11.1. The molecule has 9 nitrogen and oxygen atoms in total. The summed E-state index contributed by atoms with van der Waals surface area (Å²) in [6, 6.07) is 13.1. The number of carboxylic acids is 1. The zero-order valence-corrected chi connectivity index (χ0v) is 23.5. The largest absolute Gasteiger partial charge is 0.497 e. The molecule has 0 spiro atoms. The summed E-state index contributed by atoms with van der Waals surface area (Å²) < 4.78 is 36.1. The summed E-state index contributed by atoms with van der Waals surface area (Å²) in [4.78, 5) is 25.5. The van der Waals surface area contributed by atoms with E-state index in [1.165, 1.54) is 16.3 Å². The van der Waals surface area contributed by atoms with Crippen LogP contribution in [-0.4, -0.2) is 54.5 Å². The van der Waals surface area contributed by atoms with E-state index in [9.17, 15) is 23.1 Å². The Morgan fingerprint density at radius 3 is 2.30 bits per heavy atom. The van der Waals surface area contributed by atoms with Crippen LogP contribution in [0.5, 0.6) is 5.75 Å². The number of nitrogens with zero attached hydrogens (tertiary/aromatic N) is 2. The molecule has 1 aliphatic heterocycles. The number of benzene rings is 2. The number of nitrogens with one attached hydrogen (secondary N) is 1. The first-order chi connectivity index (χ1) is 19.2. The van der Waals surface area contributed by atoms with Crippen molar-refractivity contribution >= 4 is 33.0 Å². The van der Waals surface area contributed by atoms with E-state index in [2.05, 4.69) is 9.29 Å². The van der Waals surface area contributed by atoms with Crippen molar-refractivity contribution in [1.82, 2.24) is 13.6 Å².